The summed E-state index contributed by atoms with van der Waals surface area (Å²) in [5.74, 6) is 1.64. The Balaban J connectivity index is 1.97. The van der Waals surface area contributed by atoms with Gasteiger partial charge in [0, 0.05) is 12.6 Å². The van der Waals surface area contributed by atoms with Crippen molar-refractivity contribution in [3.8, 4) is 17.2 Å². The summed E-state index contributed by atoms with van der Waals surface area (Å²) < 4.78 is 43.9. The van der Waals surface area contributed by atoms with Gasteiger partial charge in [0.05, 0.1) is 18.1 Å². The number of ether oxygens (including phenoxy) is 3. The number of nitrogens with one attached hydrogen (secondary N) is 1. The maximum Gasteiger partial charge on any atom is 0.240 e. The molecule has 0 heterocycles. The van der Waals surface area contributed by atoms with E-state index in [1.165, 1.54) is 12.1 Å². The maximum atomic E-state index is 12.5. The molecule has 0 amide bonds. The van der Waals surface area contributed by atoms with Gasteiger partial charge in [-0.2, -0.15) is 0 Å². The molecule has 0 aliphatic rings. The summed E-state index contributed by atoms with van der Waals surface area (Å²) in [5, 5.41) is 0. The number of hydrogen-bond donors (Lipinski definition) is 1. The molecule has 0 aliphatic heterocycles. The van der Waals surface area contributed by atoms with Crippen LogP contribution in [-0.4, -0.2) is 34.8 Å². The summed E-state index contributed by atoms with van der Waals surface area (Å²) >= 11 is 0. The minimum absolute atomic E-state index is 0.125. The first-order chi connectivity index (χ1) is 12.5. The lowest BCUT2D eigenvalue weighted by atomic mass is 10.2. The Labute approximate surface area is 155 Å². The fraction of sp³-hybridized carbons (Fsp3) is 0.368. The van der Waals surface area contributed by atoms with Crippen LogP contribution in [0.5, 0.6) is 17.2 Å². The van der Waals surface area contributed by atoms with Gasteiger partial charge in [0.25, 0.3) is 0 Å². The van der Waals surface area contributed by atoms with Crippen LogP contribution in [0.2, 0.25) is 0 Å². The smallest absolute Gasteiger partial charge is 0.240 e. The molecule has 0 aromatic heterocycles. The zero-order chi connectivity index (χ0) is 19.0. The second-order valence-electron chi connectivity index (χ2n) is 5.53. The van der Waals surface area contributed by atoms with Gasteiger partial charge in [-0.3, -0.25) is 0 Å². The molecule has 0 radical (unpaired) electrons. The molecule has 0 bridgehead atoms. The van der Waals surface area contributed by atoms with Crippen LogP contribution in [0.4, 0.5) is 0 Å². The Hall–Kier alpha value is -2.25. The summed E-state index contributed by atoms with van der Waals surface area (Å²) in [6.45, 7) is 6.96. The van der Waals surface area contributed by atoms with Crippen LogP contribution in [0.3, 0.4) is 0 Å². The molecular formula is C19H25NO5S. The number of benzene rings is 2. The highest BCUT2D eigenvalue weighted by molar-refractivity contribution is 7.89. The predicted molar refractivity (Wildman–Crippen MR) is 101 cm³/mol. The standard InChI is InChI=1S/C19H25NO5S/c1-4-23-18-11-10-17(14-19(18)24-5-2)26(21,22)20-12-13-25-16-8-6-15(3)7-9-16/h6-11,14,20H,4-5,12-13H2,1-3H3. The average molecular weight is 379 g/mol. The lowest BCUT2D eigenvalue weighted by Crippen LogP contribution is -2.28. The largest absolute Gasteiger partial charge is 0.492 e. The van der Waals surface area contributed by atoms with Gasteiger partial charge in [0.15, 0.2) is 11.5 Å². The van der Waals surface area contributed by atoms with Gasteiger partial charge in [0.1, 0.15) is 12.4 Å². The first kappa shape index (κ1) is 20.1. The van der Waals surface area contributed by atoms with Crippen molar-refractivity contribution in [3.63, 3.8) is 0 Å². The third kappa shape index (κ3) is 5.64. The Bertz CT molecular complexity index is 803. The van der Waals surface area contributed by atoms with Gasteiger partial charge in [0.2, 0.25) is 10.0 Å². The van der Waals surface area contributed by atoms with Crippen molar-refractivity contribution in [2.24, 2.45) is 0 Å². The Kier molecular flexibility index (Phi) is 7.29. The van der Waals surface area contributed by atoms with Crippen LogP contribution >= 0.6 is 0 Å². The van der Waals surface area contributed by atoms with Gasteiger partial charge in [-0.25, -0.2) is 13.1 Å². The molecular weight excluding hydrogens is 354 g/mol. The highest BCUT2D eigenvalue weighted by Gasteiger charge is 2.17. The molecule has 0 atom stereocenters. The zero-order valence-corrected chi connectivity index (χ0v) is 16.1. The molecule has 0 saturated carbocycles. The quantitative estimate of drug-likeness (QED) is 0.642. The Morgan fingerprint density at radius 2 is 1.54 bits per heavy atom. The zero-order valence-electron chi connectivity index (χ0n) is 15.3. The molecule has 0 saturated heterocycles. The summed E-state index contributed by atoms with van der Waals surface area (Å²) in [6.07, 6.45) is 0. The lowest BCUT2D eigenvalue weighted by Gasteiger charge is -2.13. The molecule has 0 aliphatic carbocycles. The van der Waals surface area contributed by atoms with E-state index in [1.54, 1.807) is 6.07 Å². The lowest BCUT2D eigenvalue weighted by molar-refractivity contribution is 0.287. The molecule has 2 aromatic rings. The van der Waals surface area contributed by atoms with Gasteiger partial charge in [-0.05, 0) is 45.0 Å². The van der Waals surface area contributed by atoms with E-state index < -0.39 is 10.0 Å². The molecule has 142 valence electrons. The van der Waals surface area contributed by atoms with Crippen molar-refractivity contribution in [2.75, 3.05) is 26.4 Å². The van der Waals surface area contributed by atoms with E-state index in [9.17, 15) is 8.42 Å². The molecule has 2 rings (SSSR count). The first-order valence-corrected chi connectivity index (χ1v) is 10.0. The summed E-state index contributed by atoms with van der Waals surface area (Å²) in [4.78, 5) is 0.125. The second kappa shape index (κ2) is 9.45. The Morgan fingerprint density at radius 3 is 2.19 bits per heavy atom. The normalized spacial score (nSPS) is 11.2. The van der Waals surface area contributed by atoms with E-state index in [2.05, 4.69) is 4.72 Å². The van der Waals surface area contributed by atoms with Crippen molar-refractivity contribution < 1.29 is 22.6 Å². The van der Waals surface area contributed by atoms with Crippen LogP contribution in [-0.2, 0) is 10.0 Å². The monoisotopic (exact) mass is 379 g/mol. The molecule has 26 heavy (non-hydrogen) atoms. The van der Waals surface area contributed by atoms with Gasteiger partial charge >= 0.3 is 0 Å². The van der Waals surface area contributed by atoms with Gasteiger partial charge in [-0.15, -0.1) is 0 Å². The molecule has 1 N–H and O–H groups in total. The fourth-order valence-electron chi connectivity index (χ4n) is 2.26. The van der Waals surface area contributed by atoms with Crippen molar-refractivity contribution in [1.82, 2.24) is 4.72 Å². The van der Waals surface area contributed by atoms with Crippen LogP contribution in [0, 0.1) is 6.92 Å². The predicted octanol–water partition coefficient (Wildman–Crippen LogP) is 3.15. The topological polar surface area (TPSA) is 73.9 Å². The van der Waals surface area contributed by atoms with E-state index in [4.69, 9.17) is 14.2 Å². The van der Waals surface area contributed by atoms with Gasteiger partial charge < -0.3 is 14.2 Å². The van der Waals surface area contributed by atoms with Crippen LogP contribution in [0.1, 0.15) is 19.4 Å². The number of rotatable bonds is 10. The Morgan fingerprint density at radius 1 is 0.885 bits per heavy atom. The van der Waals surface area contributed by atoms with E-state index in [-0.39, 0.29) is 18.0 Å². The number of aryl methyl sites for hydroxylation is 1. The number of sulfonamides is 1. The molecule has 2 aromatic carbocycles. The highest BCUT2D eigenvalue weighted by atomic mass is 32.2. The van der Waals surface area contributed by atoms with E-state index >= 15 is 0 Å². The molecule has 0 spiro atoms. The minimum atomic E-state index is -3.66. The maximum absolute atomic E-state index is 12.5. The highest BCUT2D eigenvalue weighted by Crippen LogP contribution is 2.30. The molecule has 7 heteroatoms. The number of hydrogen-bond acceptors (Lipinski definition) is 5. The molecule has 0 unspecified atom stereocenters. The van der Waals surface area contributed by atoms with E-state index in [1.807, 2.05) is 45.0 Å². The summed E-state index contributed by atoms with van der Waals surface area (Å²) in [6, 6.07) is 12.2. The summed E-state index contributed by atoms with van der Waals surface area (Å²) in [5.41, 5.74) is 1.14. The SMILES string of the molecule is CCOc1ccc(S(=O)(=O)NCCOc2ccc(C)cc2)cc1OCC. The van der Waals surface area contributed by atoms with Crippen LogP contribution in [0.15, 0.2) is 47.4 Å². The first-order valence-electron chi connectivity index (χ1n) is 8.55. The van der Waals surface area contributed by atoms with Crippen molar-refractivity contribution >= 4 is 10.0 Å². The minimum Gasteiger partial charge on any atom is -0.492 e. The summed E-state index contributed by atoms with van der Waals surface area (Å²) in [7, 11) is -3.66. The van der Waals surface area contributed by atoms with Crippen molar-refractivity contribution in [3.05, 3.63) is 48.0 Å². The third-order valence-corrected chi connectivity index (χ3v) is 4.97. The molecule has 6 nitrogen and oxygen atoms in total. The average Bonchev–Trinajstić information content (AvgIpc) is 2.62. The van der Waals surface area contributed by atoms with Crippen molar-refractivity contribution in [2.45, 2.75) is 25.7 Å². The van der Waals surface area contributed by atoms with E-state index in [0.717, 1.165) is 5.56 Å². The van der Waals surface area contributed by atoms with E-state index in [0.29, 0.717) is 30.5 Å². The van der Waals surface area contributed by atoms with Crippen molar-refractivity contribution in [1.29, 1.82) is 0 Å². The fourth-order valence-corrected chi connectivity index (χ4v) is 3.29. The van der Waals surface area contributed by atoms with Crippen LogP contribution < -0.4 is 18.9 Å². The van der Waals surface area contributed by atoms with Gasteiger partial charge in [-0.1, -0.05) is 17.7 Å². The second-order valence-corrected chi connectivity index (χ2v) is 7.30. The van der Waals surface area contributed by atoms with Crippen LogP contribution in [0.25, 0.3) is 0 Å². The molecule has 0 fully saturated rings. The third-order valence-electron chi connectivity index (χ3n) is 3.51.